The van der Waals surface area contributed by atoms with Gasteiger partial charge in [0.15, 0.2) is 0 Å². The molecule has 1 unspecified atom stereocenters. The summed E-state index contributed by atoms with van der Waals surface area (Å²) in [6, 6.07) is 0.378. The number of hydrogen-bond donors (Lipinski definition) is 2. The number of aliphatic hydroxyl groups is 1. The Morgan fingerprint density at radius 1 is 1.00 bits per heavy atom. The van der Waals surface area contributed by atoms with Crippen LogP contribution in [0.5, 0.6) is 0 Å². The average Bonchev–Trinajstić information content (AvgIpc) is 2.20. The first kappa shape index (κ1) is 15.8. The minimum atomic E-state index is 0.0186. The van der Waals surface area contributed by atoms with Crippen LogP contribution in [0.2, 0.25) is 0 Å². The molecule has 0 aliphatic heterocycles. The van der Waals surface area contributed by atoms with Crippen LogP contribution in [0.4, 0.5) is 0 Å². The minimum absolute atomic E-state index is 0.0186. The van der Waals surface area contributed by atoms with Crippen LogP contribution >= 0.6 is 0 Å². The molecule has 0 saturated heterocycles. The average molecular weight is 233 g/mol. The third kappa shape index (κ3) is 10.4. The van der Waals surface area contributed by atoms with Crippen LogP contribution < -0.4 is 5.32 Å². The van der Waals surface area contributed by atoms with Crippen LogP contribution in [0.15, 0.2) is 0 Å². The lowest BCUT2D eigenvalue weighted by atomic mass is 10.2. The van der Waals surface area contributed by atoms with Crippen LogP contribution in [0, 0.1) is 5.92 Å². The molecule has 4 nitrogen and oxygen atoms in total. The predicted octanol–water partition coefficient (Wildman–Crippen LogP) is 1.03. The monoisotopic (exact) mass is 233 g/mol. The summed E-state index contributed by atoms with van der Waals surface area (Å²) in [6.07, 6.45) is 0. The summed E-state index contributed by atoms with van der Waals surface area (Å²) in [6.45, 7) is 11.0. The summed E-state index contributed by atoms with van der Waals surface area (Å²) in [4.78, 5) is 0. The summed E-state index contributed by atoms with van der Waals surface area (Å²) < 4.78 is 10.8. The molecule has 0 aliphatic rings. The van der Waals surface area contributed by atoms with Gasteiger partial charge in [-0.3, -0.25) is 0 Å². The lowest BCUT2D eigenvalue weighted by Gasteiger charge is -2.19. The van der Waals surface area contributed by atoms with Gasteiger partial charge >= 0.3 is 0 Å². The van der Waals surface area contributed by atoms with Crippen LogP contribution in [-0.4, -0.2) is 50.2 Å². The van der Waals surface area contributed by atoms with Crippen molar-refractivity contribution >= 4 is 0 Å². The molecule has 98 valence electrons. The Morgan fingerprint density at radius 3 is 2.00 bits per heavy atom. The number of nitrogens with one attached hydrogen (secondary N) is 1. The molecule has 0 bridgehead atoms. The zero-order valence-corrected chi connectivity index (χ0v) is 11.0. The third-order valence-corrected chi connectivity index (χ3v) is 1.93. The van der Waals surface area contributed by atoms with Gasteiger partial charge in [0.1, 0.15) is 0 Å². The van der Waals surface area contributed by atoms with Crippen molar-refractivity contribution in [2.75, 3.05) is 33.0 Å². The summed E-state index contributed by atoms with van der Waals surface area (Å²) in [5.74, 6) is 0.563. The molecule has 16 heavy (non-hydrogen) atoms. The highest BCUT2D eigenvalue weighted by molar-refractivity contribution is 4.66. The van der Waals surface area contributed by atoms with Crippen molar-refractivity contribution < 1.29 is 14.6 Å². The molecule has 0 saturated carbocycles. The van der Waals surface area contributed by atoms with Crippen molar-refractivity contribution in [2.45, 2.75) is 39.8 Å². The lowest BCUT2D eigenvalue weighted by Crippen LogP contribution is -2.41. The Bertz CT molecular complexity index is 151. The van der Waals surface area contributed by atoms with Gasteiger partial charge in [0.2, 0.25) is 0 Å². The van der Waals surface area contributed by atoms with E-state index in [1.54, 1.807) is 0 Å². The molecule has 0 radical (unpaired) electrons. The van der Waals surface area contributed by atoms with Crippen LogP contribution in [0.3, 0.4) is 0 Å². The van der Waals surface area contributed by atoms with Crippen LogP contribution in [-0.2, 0) is 9.47 Å². The Morgan fingerprint density at radius 2 is 1.56 bits per heavy atom. The fourth-order valence-electron chi connectivity index (χ4n) is 1.29. The molecule has 0 aromatic heterocycles. The summed E-state index contributed by atoms with van der Waals surface area (Å²) in [5.41, 5.74) is 0. The summed E-state index contributed by atoms with van der Waals surface area (Å²) >= 11 is 0. The molecule has 0 spiro atoms. The van der Waals surface area contributed by atoms with E-state index in [0.717, 1.165) is 6.61 Å². The second-order valence-corrected chi connectivity index (χ2v) is 4.74. The SMILES string of the molecule is CC(C)COCCOCC(CO)NC(C)C. The Labute approximate surface area is 99.3 Å². The molecule has 0 heterocycles. The maximum Gasteiger partial charge on any atom is 0.0701 e. The highest BCUT2D eigenvalue weighted by Gasteiger charge is 2.08. The van der Waals surface area contributed by atoms with E-state index in [0.29, 0.717) is 31.8 Å². The van der Waals surface area contributed by atoms with Crippen molar-refractivity contribution in [3.8, 4) is 0 Å². The van der Waals surface area contributed by atoms with Crippen molar-refractivity contribution in [3.05, 3.63) is 0 Å². The van der Waals surface area contributed by atoms with E-state index >= 15 is 0 Å². The van der Waals surface area contributed by atoms with Gasteiger partial charge in [0.05, 0.1) is 32.5 Å². The molecule has 4 heteroatoms. The number of ether oxygens (including phenoxy) is 2. The van der Waals surface area contributed by atoms with Gasteiger partial charge in [-0.05, 0) is 5.92 Å². The highest BCUT2D eigenvalue weighted by atomic mass is 16.5. The van der Waals surface area contributed by atoms with E-state index in [9.17, 15) is 0 Å². The largest absolute Gasteiger partial charge is 0.395 e. The predicted molar refractivity (Wildman–Crippen MR) is 65.6 cm³/mol. The van der Waals surface area contributed by atoms with Crippen molar-refractivity contribution in [1.82, 2.24) is 5.32 Å². The van der Waals surface area contributed by atoms with Gasteiger partial charge < -0.3 is 19.9 Å². The molecule has 0 aromatic rings. The zero-order valence-electron chi connectivity index (χ0n) is 11.0. The molecule has 0 aliphatic carbocycles. The smallest absolute Gasteiger partial charge is 0.0701 e. The van der Waals surface area contributed by atoms with Gasteiger partial charge in [0.25, 0.3) is 0 Å². The van der Waals surface area contributed by atoms with Gasteiger partial charge in [0, 0.05) is 12.6 Å². The standard InChI is InChI=1S/C12H27NO3/c1-10(2)8-15-5-6-16-9-12(7-14)13-11(3)4/h10-14H,5-9H2,1-4H3. The van der Waals surface area contributed by atoms with Crippen molar-refractivity contribution in [3.63, 3.8) is 0 Å². The summed E-state index contributed by atoms with van der Waals surface area (Å²) in [5, 5.41) is 12.3. The van der Waals surface area contributed by atoms with E-state index in [-0.39, 0.29) is 12.6 Å². The molecule has 0 fully saturated rings. The number of aliphatic hydroxyl groups excluding tert-OH is 1. The highest BCUT2D eigenvalue weighted by Crippen LogP contribution is 1.93. The third-order valence-electron chi connectivity index (χ3n) is 1.93. The Hall–Kier alpha value is -0.160. The number of rotatable bonds is 10. The fraction of sp³-hybridized carbons (Fsp3) is 1.00. The first-order chi connectivity index (χ1) is 7.56. The molecule has 0 rings (SSSR count). The van der Waals surface area contributed by atoms with E-state index < -0.39 is 0 Å². The molecule has 2 N–H and O–H groups in total. The van der Waals surface area contributed by atoms with Gasteiger partial charge in [-0.1, -0.05) is 27.7 Å². The van der Waals surface area contributed by atoms with Gasteiger partial charge in [-0.25, -0.2) is 0 Å². The maximum absolute atomic E-state index is 9.08. The first-order valence-electron chi connectivity index (χ1n) is 6.08. The van der Waals surface area contributed by atoms with E-state index in [4.69, 9.17) is 14.6 Å². The molecular formula is C12H27NO3. The fourth-order valence-corrected chi connectivity index (χ4v) is 1.29. The molecule has 1 atom stereocenters. The lowest BCUT2D eigenvalue weighted by molar-refractivity contribution is 0.0234. The minimum Gasteiger partial charge on any atom is -0.395 e. The zero-order chi connectivity index (χ0) is 12.4. The van der Waals surface area contributed by atoms with E-state index in [2.05, 4.69) is 33.0 Å². The summed E-state index contributed by atoms with van der Waals surface area (Å²) in [7, 11) is 0. The van der Waals surface area contributed by atoms with E-state index in [1.165, 1.54) is 0 Å². The molecular weight excluding hydrogens is 206 g/mol. The maximum atomic E-state index is 9.08. The van der Waals surface area contributed by atoms with Crippen LogP contribution in [0.25, 0.3) is 0 Å². The Balaban J connectivity index is 3.34. The first-order valence-corrected chi connectivity index (χ1v) is 6.08. The van der Waals surface area contributed by atoms with E-state index in [1.807, 2.05) is 0 Å². The second-order valence-electron chi connectivity index (χ2n) is 4.74. The van der Waals surface area contributed by atoms with Crippen molar-refractivity contribution in [1.29, 1.82) is 0 Å². The van der Waals surface area contributed by atoms with Crippen LogP contribution in [0.1, 0.15) is 27.7 Å². The second kappa shape index (κ2) is 10.0. The quantitative estimate of drug-likeness (QED) is 0.553. The number of hydrogen-bond acceptors (Lipinski definition) is 4. The molecule has 0 aromatic carbocycles. The van der Waals surface area contributed by atoms with Crippen molar-refractivity contribution in [2.24, 2.45) is 5.92 Å². The van der Waals surface area contributed by atoms with Gasteiger partial charge in [-0.15, -0.1) is 0 Å². The topological polar surface area (TPSA) is 50.7 Å². The molecule has 0 amide bonds. The normalized spacial score (nSPS) is 13.7. The van der Waals surface area contributed by atoms with Gasteiger partial charge in [-0.2, -0.15) is 0 Å². The Kier molecular flexibility index (Phi) is 9.92.